The second-order valence-corrected chi connectivity index (χ2v) is 30.4. The molecule has 0 aliphatic rings. The molecule has 0 heterocycles. The van der Waals surface area contributed by atoms with E-state index < -0.39 is 47.2 Å². The third kappa shape index (κ3) is 45.0. The number of hydrogen-bond donors (Lipinski definition) is 0. The molecule has 7 nitrogen and oxygen atoms in total. The van der Waals surface area contributed by atoms with Crippen LogP contribution in [-0.2, 0) is 42.0 Å². The zero-order chi connectivity index (χ0) is 46.5. The van der Waals surface area contributed by atoms with Crippen LogP contribution in [0.2, 0.25) is 0 Å². The van der Waals surface area contributed by atoms with E-state index in [1.165, 1.54) is 116 Å². The fraction of sp³-hybridized carbons (Fsp3) is 1.00. The molecule has 0 aliphatic carbocycles. The van der Waals surface area contributed by atoms with E-state index in [0.717, 1.165) is 116 Å². The molecule has 0 saturated heterocycles. The molecular formula is C51H109O7P3Ti. The van der Waals surface area contributed by atoms with E-state index in [1.54, 1.807) is 13.8 Å². The molecule has 0 saturated carbocycles. The summed E-state index contributed by atoms with van der Waals surface area (Å²) in [5.74, 6) is 0. The maximum absolute atomic E-state index is 15.1. The third-order valence-electron chi connectivity index (χ3n) is 11.8. The van der Waals surface area contributed by atoms with Crippen molar-refractivity contribution in [2.45, 2.75) is 293 Å². The predicted octanol–water partition coefficient (Wildman–Crippen LogP) is 19.2. The summed E-state index contributed by atoms with van der Waals surface area (Å²) in [4.78, 5) is 0. The van der Waals surface area contributed by atoms with Crippen molar-refractivity contribution in [2.24, 2.45) is 0 Å². The topological polar surface area (TPSA) is 102 Å². The molecule has 0 aromatic carbocycles. The normalized spacial score (nSPS) is 12.3. The molecule has 374 valence electrons. The van der Waals surface area contributed by atoms with Gasteiger partial charge in [0, 0.05) is 0 Å². The molecule has 0 aliphatic heterocycles. The Hall–Kier alpha value is 1.24. The van der Waals surface area contributed by atoms with Crippen molar-refractivity contribution in [1.82, 2.24) is 0 Å². The van der Waals surface area contributed by atoms with Crippen molar-refractivity contribution >= 4 is 22.1 Å². The van der Waals surface area contributed by atoms with Crippen LogP contribution in [0.3, 0.4) is 0 Å². The number of hydrogen-bond acceptors (Lipinski definition) is 7. The molecule has 11 heteroatoms. The van der Waals surface area contributed by atoms with E-state index in [0.29, 0.717) is 37.0 Å². The molecule has 0 unspecified atom stereocenters. The van der Waals surface area contributed by atoms with Crippen molar-refractivity contribution in [2.75, 3.05) is 37.0 Å². The monoisotopic (exact) mass is 975 g/mol. The molecule has 0 aromatic heterocycles. The van der Waals surface area contributed by atoms with Gasteiger partial charge in [0.1, 0.15) is 0 Å². The van der Waals surface area contributed by atoms with E-state index in [4.69, 9.17) is 9.32 Å². The van der Waals surface area contributed by atoms with Gasteiger partial charge in [-0.1, -0.05) is 13.8 Å². The molecule has 0 spiro atoms. The van der Waals surface area contributed by atoms with Crippen LogP contribution in [0.5, 0.6) is 0 Å². The average molecular weight is 975 g/mol. The number of unbranched alkanes of at least 4 members (excludes halogenated alkanes) is 30. The Kier molecular flexibility index (Phi) is 49.9. The summed E-state index contributed by atoms with van der Waals surface area (Å²) in [5, 5.41) is 9.53. The van der Waals surface area contributed by atoms with E-state index in [1.807, 2.05) is 0 Å². The molecule has 0 N–H and O–H groups in total. The first kappa shape index (κ1) is 65.3. The average Bonchev–Trinajstić information content (AvgIpc) is 3.22. The van der Waals surface area contributed by atoms with Gasteiger partial charge in [-0.2, -0.15) is 0 Å². The first-order valence-corrected chi connectivity index (χ1v) is 35.1. The van der Waals surface area contributed by atoms with Crippen LogP contribution in [-0.4, -0.2) is 43.1 Å². The Bertz CT molecular complexity index is 876. The van der Waals surface area contributed by atoms with Crippen LogP contribution < -0.4 is 5.11 Å². The summed E-state index contributed by atoms with van der Waals surface area (Å²) >= 11 is -3.70. The predicted molar refractivity (Wildman–Crippen MR) is 271 cm³/mol. The summed E-state index contributed by atoms with van der Waals surface area (Å²) in [5.41, 5.74) is 0. The Morgan fingerprint density at radius 2 is 0.435 bits per heavy atom. The van der Waals surface area contributed by atoms with Crippen LogP contribution in [0.25, 0.3) is 0 Å². The number of rotatable bonds is 48. The molecule has 0 rings (SSSR count). The zero-order valence-corrected chi connectivity index (χ0v) is 47.2. The van der Waals surface area contributed by atoms with E-state index in [9.17, 15) is 5.11 Å². The standard InChI is InChI=1S/3C16H35O2P.C3H7O.Ti/c3*1-3-5-7-9-11-13-15-19(17,18)16-14-12-10-8-6-4-2;1-3(2)4;/h3*3-16H2,1-2H3,(H,17,18);3H,1-2H3;/q;;;-1;+4/p-3. The molecule has 0 radical (unpaired) electrons. The molecular weight excluding hydrogens is 865 g/mol. The summed E-state index contributed by atoms with van der Waals surface area (Å²) in [6.45, 7) is 16.7. The Labute approximate surface area is 396 Å². The minimum absolute atomic E-state index is 0.417. The molecule has 62 heavy (non-hydrogen) atoms. The van der Waals surface area contributed by atoms with Crippen LogP contribution >= 0.6 is 22.1 Å². The quantitative estimate of drug-likeness (QED) is 0.0340. The van der Waals surface area contributed by atoms with Crippen molar-refractivity contribution in [3.05, 3.63) is 0 Å². The summed E-state index contributed by atoms with van der Waals surface area (Å²) < 4.78 is 65.9. The van der Waals surface area contributed by atoms with E-state index >= 15 is 13.7 Å². The minimum atomic E-state index is -3.70. The summed E-state index contributed by atoms with van der Waals surface area (Å²) in [6.07, 6.45) is 43.0. The fourth-order valence-corrected chi connectivity index (χ4v) is 22.3. The Morgan fingerprint density at radius 3 is 0.581 bits per heavy atom. The second kappa shape index (κ2) is 47.3. The first-order chi connectivity index (χ1) is 29.9. The first-order valence-electron chi connectivity index (χ1n) is 27.2. The van der Waals surface area contributed by atoms with Gasteiger partial charge in [0.05, 0.1) is 0 Å². The van der Waals surface area contributed by atoms with Crippen molar-refractivity contribution in [1.29, 1.82) is 0 Å². The van der Waals surface area contributed by atoms with Gasteiger partial charge in [-0.3, -0.25) is 0 Å². The van der Waals surface area contributed by atoms with Gasteiger partial charge in [-0.15, -0.1) is 6.10 Å². The van der Waals surface area contributed by atoms with Crippen molar-refractivity contribution < 1.29 is 47.2 Å². The van der Waals surface area contributed by atoms with Gasteiger partial charge in [0.25, 0.3) is 0 Å². The van der Waals surface area contributed by atoms with Crippen LogP contribution in [0, 0.1) is 0 Å². The molecule has 0 fully saturated rings. The molecule has 0 bridgehead atoms. The maximum atomic E-state index is 15.1. The van der Waals surface area contributed by atoms with E-state index in [-0.39, 0.29) is 0 Å². The van der Waals surface area contributed by atoms with Gasteiger partial charge in [-0.25, -0.2) is 0 Å². The van der Waals surface area contributed by atoms with Gasteiger partial charge >= 0.3 is 374 Å². The SMILES string of the molecule is CC(C)[O-].CCCCCCCCP(=O)(CCCCCCCC)[O][Ti+]([O]P(=O)(CCCCCCCC)CCCCCCCC)[O]P(=O)(CCCCCCCC)CCCCCCCC. The summed E-state index contributed by atoms with van der Waals surface area (Å²) in [6, 6.07) is 0. The molecule has 0 atom stereocenters. The summed E-state index contributed by atoms with van der Waals surface area (Å²) in [7, 11) is -9.46. The van der Waals surface area contributed by atoms with Gasteiger partial charge < -0.3 is 5.11 Å². The Balaban J connectivity index is 0. The van der Waals surface area contributed by atoms with Gasteiger partial charge in [0.2, 0.25) is 0 Å². The molecule has 0 amide bonds. The van der Waals surface area contributed by atoms with Gasteiger partial charge in [-0.05, 0) is 0 Å². The third-order valence-corrected chi connectivity index (χ3v) is 26.0. The second-order valence-electron chi connectivity index (χ2n) is 19.0. The van der Waals surface area contributed by atoms with Crippen molar-refractivity contribution in [3.63, 3.8) is 0 Å². The Morgan fingerprint density at radius 1 is 0.306 bits per heavy atom. The molecule has 0 aromatic rings. The fourth-order valence-electron chi connectivity index (χ4n) is 7.87. The van der Waals surface area contributed by atoms with Gasteiger partial charge in [0.15, 0.2) is 0 Å². The van der Waals surface area contributed by atoms with E-state index in [2.05, 4.69) is 41.5 Å². The van der Waals surface area contributed by atoms with Crippen LogP contribution in [0.15, 0.2) is 0 Å². The zero-order valence-electron chi connectivity index (χ0n) is 43.0. The van der Waals surface area contributed by atoms with Crippen molar-refractivity contribution in [3.8, 4) is 0 Å². The van der Waals surface area contributed by atoms with Crippen LogP contribution in [0.4, 0.5) is 0 Å². The van der Waals surface area contributed by atoms with Crippen LogP contribution in [0.1, 0.15) is 287 Å².